The molecule has 0 bridgehead atoms. The molecule has 1 aromatic rings. The number of anilines is 1. The lowest BCUT2D eigenvalue weighted by atomic mass is 10.2. The molecule has 1 N–H and O–H groups in total. The molecule has 2 saturated heterocycles. The van der Waals surface area contributed by atoms with Gasteiger partial charge in [0.2, 0.25) is 5.91 Å². The molecule has 0 radical (unpaired) electrons. The Balaban J connectivity index is 1.44. The van der Waals surface area contributed by atoms with Gasteiger partial charge in [0, 0.05) is 45.0 Å². The summed E-state index contributed by atoms with van der Waals surface area (Å²) in [6.07, 6.45) is 2.80. The molecule has 0 spiro atoms. The summed E-state index contributed by atoms with van der Waals surface area (Å²) in [7, 11) is 0. The zero-order valence-corrected chi connectivity index (χ0v) is 13.9. The van der Waals surface area contributed by atoms with Crippen LogP contribution < -0.4 is 5.32 Å². The van der Waals surface area contributed by atoms with Gasteiger partial charge in [0.1, 0.15) is 0 Å². The van der Waals surface area contributed by atoms with Crippen LogP contribution in [-0.4, -0.2) is 67.2 Å². The second-order valence-electron chi connectivity index (χ2n) is 6.50. The van der Waals surface area contributed by atoms with Crippen molar-refractivity contribution in [2.75, 3.05) is 44.6 Å². The molecule has 1 aromatic carbocycles. The van der Waals surface area contributed by atoms with E-state index in [9.17, 15) is 4.79 Å². The topological polar surface area (TPSA) is 44.8 Å². The van der Waals surface area contributed by atoms with Gasteiger partial charge in [0.15, 0.2) is 0 Å². The van der Waals surface area contributed by atoms with Gasteiger partial charge in [0.25, 0.3) is 0 Å². The fourth-order valence-corrected chi connectivity index (χ4v) is 3.34. The Kier molecular flexibility index (Phi) is 5.65. The quantitative estimate of drug-likeness (QED) is 0.900. The van der Waals surface area contributed by atoms with Gasteiger partial charge in [0.05, 0.1) is 12.1 Å². The molecule has 23 heavy (non-hydrogen) atoms. The van der Waals surface area contributed by atoms with E-state index in [0.29, 0.717) is 6.10 Å². The lowest BCUT2D eigenvalue weighted by molar-refractivity contribution is -0.121. The minimum atomic E-state index is -0.0971. The molecule has 2 aliphatic heterocycles. The minimum absolute atomic E-state index is 0.0729. The SMILES string of the molecule is C[C@@H](C(=O)Nc1ccccc1)N1CCN(C[C@H]2CCCO2)CC1. The van der Waals surface area contributed by atoms with E-state index in [1.165, 1.54) is 12.8 Å². The summed E-state index contributed by atoms with van der Waals surface area (Å²) in [6.45, 7) is 7.87. The van der Waals surface area contributed by atoms with E-state index in [-0.39, 0.29) is 11.9 Å². The van der Waals surface area contributed by atoms with Crippen molar-refractivity contribution in [1.82, 2.24) is 9.80 Å². The lowest BCUT2D eigenvalue weighted by Crippen LogP contribution is -2.53. The molecule has 0 unspecified atom stereocenters. The summed E-state index contributed by atoms with van der Waals surface area (Å²) >= 11 is 0. The van der Waals surface area contributed by atoms with Gasteiger partial charge in [-0.25, -0.2) is 0 Å². The van der Waals surface area contributed by atoms with Crippen LogP contribution in [0.5, 0.6) is 0 Å². The third kappa shape index (κ3) is 4.53. The fourth-order valence-electron chi connectivity index (χ4n) is 3.34. The monoisotopic (exact) mass is 317 g/mol. The predicted molar refractivity (Wildman–Crippen MR) is 91.5 cm³/mol. The van der Waals surface area contributed by atoms with Crippen LogP contribution in [0, 0.1) is 0 Å². The summed E-state index contributed by atoms with van der Waals surface area (Å²) in [5, 5.41) is 2.99. The third-order valence-electron chi connectivity index (χ3n) is 4.86. The van der Waals surface area contributed by atoms with Crippen LogP contribution in [0.3, 0.4) is 0 Å². The highest BCUT2D eigenvalue weighted by Crippen LogP contribution is 2.15. The van der Waals surface area contributed by atoms with Gasteiger partial charge in [-0.15, -0.1) is 0 Å². The summed E-state index contributed by atoms with van der Waals surface area (Å²) in [4.78, 5) is 17.1. The van der Waals surface area contributed by atoms with Crippen molar-refractivity contribution >= 4 is 11.6 Å². The van der Waals surface area contributed by atoms with Crippen LogP contribution in [0.2, 0.25) is 0 Å². The van der Waals surface area contributed by atoms with Crippen molar-refractivity contribution < 1.29 is 9.53 Å². The van der Waals surface area contributed by atoms with Crippen LogP contribution in [0.1, 0.15) is 19.8 Å². The zero-order valence-electron chi connectivity index (χ0n) is 13.9. The molecule has 0 saturated carbocycles. The number of para-hydroxylation sites is 1. The van der Waals surface area contributed by atoms with Crippen LogP contribution in [0.25, 0.3) is 0 Å². The summed E-state index contributed by atoms with van der Waals surface area (Å²) < 4.78 is 5.72. The molecule has 0 aromatic heterocycles. The van der Waals surface area contributed by atoms with Crippen molar-refractivity contribution in [1.29, 1.82) is 0 Å². The average molecular weight is 317 g/mol. The molecule has 1 amide bonds. The Bertz CT molecular complexity index is 494. The Hall–Kier alpha value is -1.43. The molecule has 2 fully saturated rings. The maximum atomic E-state index is 12.4. The Morgan fingerprint density at radius 1 is 1.26 bits per heavy atom. The van der Waals surface area contributed by atoms with Crippen LogP contribution >= 0.6 is 0 Å². The van der Waals surface area contributed by atoms with E-state index >= 15 is 0 Å². The van der Waals surface area contributed by atoms with E-state index in [1.54, 1.807) is 0 Å². The number of amides is 1. The number of hydrogen-bond donors (Lipinski definition) is 1. The van der Waals surface area contributed by atoms with E-state index < -0.39 is 0 Å². The largest absolute Gasteiger partial charge is 0.377 e. The van der Waals surface area contributed by atoms with Crippen LogP contribution in [-0.2, 0) is 9.53 Å². The molecule has 3 rings (SSSR count). The average Bonchev–Trinajstić information content (AvgIpc) is 3.09. The molecule has 2 atom stereocenters. The second kappa shape index (κ2) is 7.90. The molecule has 2 aliphatic rings. The summed E-state index contributed by atoms with van der Waals surface area (Å²) in [5.41, 5.74) is 0.862. The van der Waals surface area contributed by atoms with Gasteiger partial charge in [-0.1, -0.05) is 18.2 Å². The number of carbonyl (C=O) groups is 1. The van der Waals surface area contributed by atoms with Crippen molar-refractivity contribution in [3.63, 3.8) is 0 Å². The molecular formula is C18H27N3O2. The Labute approximate surface area is 138 Å². The van der Waals surface area contributed by atoms with Crippen molar-refractivity contribution in [3.05, 3.63) is 30.3 Å². The maximum Gasteiger partial charge on any atom is 0.241 e. The highest BCUT2D eigenvalue weighted by atomic mass is 16.5. The van der Waals surface area contributed by atoms with Crippen molar-refractivity contribution in [2.45, 2.75) is 31.9 Å². The van der Waals surface area contributed by atoms with Gasteiger partial charge in [-0.2, -0.15) is 0 Å². The molecular weight excluding hydrogens is 290 g/mol. The number of ether oxygens (including phenoxy) is 1. The smallest absolute Gasteiger partial charge is 0.241 e. The van der Waals surface area contributed by atoms with Crippen LogP contribution in [0.4, 0.5) is 5.69 Å². The number of nitrogens with one attached hydrogen (secondary N) is 1. The van der Waals surface area contributed by atoms with E-state index in [2.05, 4.69) is 15.1 Å². The molecule has 5 heteroatoms. The second-order valence-corrected chi connectivity index (χ2v) is 6.50. The summed E-state index contributed by atoms with van der Waals surface area (Å²) in [5.74, 6) is 0.0729. The normalized spacial score (nSPS) is 24.5. The van der Waals surface area contributed by atoms with Gasteiger partial charge >= 0.3 is 0 Å². The number of benzene rings is 1. The Morgan fingerprint density at radius 3 is 2.65 bits per heavy atom. The highest BCUT2D eigenvalue weighted by Gasteiger charge is 2.27. The molecule has 126 valence electrons. The van der Waals surface area contributed by atoms with Gasteiger partial charge < -0.3 is 10.1 Å². The number of piperazine rings is 1. The lowest BCUT2D eigenvalue weighted by Gasteiger charge is -2.38. The number of rotatable bonds is 5. The third-order valence-corrected chi connectivity index (χ3v) is 4.86. The minimum Gasteiger partial charge on any atom is -0.377 e. The van der Waals surface area contributed by atoms with Crippen LogP contribution in [0.15, 0.2) is 30.3 Å². The highest BCUT2D eigenvalue weighted by molar-refractivity contribution is 5.94. The van der Waals surface area contributed by atoms with E-state index in [0.717, 1.165) is 45.0 Å². The molecule has 2 heterocycles. The number of carbonyl (C=O) groups excluding carboxylic acids is 1. The maximum absolute atomic E-state index is 12.4. The van der Waals surface area contributed by atoms with Gasteiger partial charge in [-0.05, 0) is 31.9 Å². The van der Waals surface area contributed by atoms with Crippen molar-refractivity contribution in [2.24, 2.45) is 0 Å². The van der Waals surface area contributed by atoms with E-state index in [1.807, 2.05) is 37.3 Å². The van der Waals surface area contributed by atoms with Gasteiger partial charge in [-0.3, -0.25) is 14.6 Å². The van der Waals surface area contributed by atoms with E-state index in [4.69, 9.17) is 4.74 Å². The predicted octanol–water partition coefficient (Wildman–Crippen LogP) is 1.81. The first-order valence-corrected chi connectivity index (χ1v) is 8.66. The molecule has 0 aliphatic carbocycles. The zero-order chi connectivity index (χ0) is 16.1. The first kappa shape index (κ1) is 16.4. The standard InChI is InChI=1S/C18H27N3O2/c1-15(18(22)19-16-6-3-2-4-7-16)21-11-9-20(10-12-21)14-17-8-5-13-23-17/h2-4,6-7,15,17H,5,8-14H2,1H3,(H,19,22)/t15-,17+/m0/s1. The first-order chi connectivity index (χ1) is 11.2. The Morgan fingerprint density at radius 2 is 2.00 bits per heavy atom. The number of nitrogens with zero attached hydrogens (tertiary/aromatic N) is 2. The summed E-state index contributed by atoms with van der Waals surface area (Å²) in [6, 6.07) is 9.56. The number of hydrogen-bond acceptors (Lipinski definition) is 4. The molecule has 5 nitrogen and oxygen atoms in total. The first-order valence-electron chi connectivity index (χ1n) is 8.66. The fraction of sp³-hybridized carbons (Fsp3) is 0.611. The van der Waals surface area contributed by atoms with Crippen molar-refractivity contribution in [3.8, 4) is 0 Å².